The Balaban J connectivity index is 1.86. The van der Waals surface area contributed by atoms with Crippen LogP contribution in [0.3, 0.4) is 0 Å². The molecule has 0 amide bonds. The summed E-state index contributed by atoms with van der Waals surface area (Å²) in [6.45, 7) is 0.623. The predicted octanol–water partition coefficient (Wildman–Crippen LogP) is 3.96. The highest BCUT2D eigenvalue weighted by Crippen LogP contribution is 2.23. The lowest BCUT2D eigenvalue weighted by atomic mass is 10.1. The molecule has 2 heterocycles. The van der Waals surface area contributed by atoms with Crippen LogP contribution in [0.1, 0.15) is 5.56 Å². The van der Waals surface area contributed by atoms with Crippen molar-refractivity contribution in [3.63, 3.8) is 0 Å². The summed E-state index contributed by atoms with van der Waals surface area (Å²) < 4.78 is 0. The molecule has 4 nitrogen and oxygen atoms in total. The number of hydrogen-bond acceptors (Lipinski definition) is 4. The molecule has 0 aliphatic carbocycles. The van der Waals surface area contributed by atoms with Gasteiger partial charge in [0.15, 0.2) is 0 Å². The smallest absolute Gasteiger partial charge is 0.128 e. The average molecular weight is 313 g/mol. The Morgan fingerprint density at radius 1 is 1.09 bits per heavy atom. The number of aromatic nitrogens is 2. The zero-order valence-electron chi connectivity index (χ0n) is 12.5. The summed E-state index contributed by atoms with van der Waals surface area (Å²) >= 11 is 6.19. The maximum absolute atomic E-state index is 6.19. The topological polar surface area (TPSA) is 41.1 Å². The molecule has 22 heavy (non-hydrogen) atoms. The van der Waals surface area contributed by atoms with E-state index in [-0.39, 0.29) is 0 Å². The Bertz CT molecular complexity index is 802. The number of benzene rings is 1. The van der Waals surface area contributed by atoms with Crippen LogP contribution >= 0.6 is 11.6 Å². The molecule has 0 aliphatic rings. The summed E-state index contributed by atoms with van der Waals surface area (Å²) in [6, 6.07) is 11.8. The summed E-state index contributed by atoms with van der Waals surface area (Å²) in [6.07, 6.45) is 3.59. The van der Waals surface area contributed by atoms with Gasteiger partial charge in [0, 0.05) is 55.2 Å². The highest BCUT2D eigenvalue weighted by molar-refractivity contribution is 6.31. The molecule has 0 aliphatic heterocycles. The van der Waals surface area contributed by atoms with Crippen LogP contribution < -0.4 is 10.2 Å². The van der Waals surface area contributed by atoms with E-state index < -0.39 is 0 Å². The lowest BCUT2D eigenvalue weighted by molar-refractivity contribution is 1.09. The van der Waals surface area contributed by atoms with Gasteiger partial charge in [0.2, 0.25) is 0 Å². The maximum atomic E-state index is 6.19. The van der Waals surface area contributed by atoms with E-state index in [1.54, 1.807) is 12.4 Å². The highest BCUT2D eigenvalue weighted by Gasteiger charge is 2.05. The van der Waals surface area contributed by atoms with Crippen LogP contribution in [0.2, 0.25) is 5.02 Å². The summed E-state index contributed by atoms with van der Waals surface area (Å²) in [5.41, 5.74) is 3.12. The summed E-state index contributed by atoms with van der Waals surface area (Å²) in [5.74, 6) is 0.829. The van der Waals surface area contributed by atoms with E-state index >= 15 is 0 Å². The molecule has 3 aromatic rings. The number of nitrogens with zero attached hydrogens (tertiary/aromatic N) is 3. The van der Waals surface area contributed by atoms with Crippen LogP contribution in [0.25, 0.3) is 10.9 Å². The first-order valence-electron chi connectivity index (χ1n) is 7.04. The van der Waals surface area contributed by atoms with Crippen molar-refractivity contribution in [2.24, 2.45) is 0 Å². The molecule has 1 N–H and O–H groups in total. The van der Waals surface area contributed by atoms with Crippen LogP contribution in [0.4, 0.5) is 11.5 Å². The van der Waals surface area contributed by atoms with Gasteiger partial charge in [0.1, 0.15) is 5.82 Å². The first-order chi connectivity index (χ1) is 10.6. The van der Waals surface area contributed by atoms with Crippen LogP contribution in [-0.4, -0.2) is 24.1 Å². The number of hydrogen-bond donors (Lipinski definition) is 1. The van der Waals surface area contributed by atoms with Crippen LogP contribution in [0.15, 0.2) is 48.8 Å². The van der Waals surface area contributed by atoms with Gasteiger partial charge in [-0.3, -0.25) is 4.98 Å². The average Bonchev–Trinajstić information content (AvgIpc) is 2.52. The zero-order valence-corrected chi connectivity index (χ0v) is 13.3. The molecule has 0 fully saturated rings. The summed E-state index contributed by atoms with van der Waals surface area (Å²) in [4.78, 5) is 10.8. The van der Waals surface area contributed by atoms with Gasteiger partial charge in [0.05, 0.1) is 5.52 Å². The van der Waals surface area contributed by atoms with Gasteiger partial charge < -0.3 is 10.2 Å². The van der Waals surface area contributed by atoms with Crippen molar-refractivity contribution in [2.75, 3.05) is 24.3 Å². The van der Waals surface area contributed by atoms with Crippen LogP contribution in [0.5, 0.6) is 0 Å². The molecule has 0 radical (unpaired) electrons. The fourth-order valence-corrected chi connectivity index (χ4v) is 2.59. The fourth-order valence-electron chi connectivity index (χ4n) is 2.34. The first kappa shape index (κ1) is 14.6. The molecule has 0 unspecified atom stereocenters. The van der Waals surface area contributed by atoms with Crippen LogP contribution in [0, 0.1) is 0 Å². The summed E-state index contributed by atoms with van der Waals surface area (Å²) in [5, 5.41) is 5.10. The van der Waals surface area contributed by atoms with Crippen molar-refractivity contribution in [2.45, 2.75) is 6.54 Å². The lowest BCUT2D eigenvalue weighted by Crippen LogP contribution is -2.10. The molecule has 2 aromatic heterocycles. The van der Waals surface area contributed by atoms with Gasteiger partial charge in [-0.1, -0.05) is 17.7 Å². The van der Waals surface area contributed by atoms with E-state index in [0.717, 1.165) is 28.0 Å². The molecule has 0 spiro atoms. The predicted molar refractivity (Wildman–Crippen MR) is 92.6 cm³/mol. The minimum atomic E-state index is 0.623. The minimum absolute atomic E-state index is 0.623. The van der Waals surface area contributed by atoms with Crippen molar-refractivity contribution in [3.05, 3.63) is 59.4 Å². The monoisotopic (exact) mass is 312 g/mol. The SMILES string of the molecule is CN(C)c1ccnc(NCc2cc(Cl)cc3cccnc23)c1. The summed E-state index contributed by atoms with van der Waals surface area (Å²) in [7, 11) is 4.01. The van der Waals surface area contributed by atoms with Crippen molar-refractivity contribution in [1.29, 1.82) is 0 Å². The van der Waals surface area contributed by atoms with Gasteiger partial charge in [-0.25, -0.2) is 4.98 Å². The molecular weight excluding hydrogens is 296 g/mol. The molecule has 0 saturated heterocycles. The molecule has 112 valence electrons. The third kappa shape index (κ3) is 3.12. The Morgan fingerprint density at radius 3 is 2.77 bits per heavy atom. The third-order valence-electron chi connectivity index (χ3n) is 3.47. The Hall–Kier alpha value is -2.33. The van der Waals surface area contributed by atoms with Crippen molar-refractivity contribution in [1.82, 2.24) is 9.97 Å². The largest absolute Gasteiger partial charge is 0.378 e. The Kier molecular flexibility index (Phi) is 4.11. The number of nitrogens with one attached hydrogen (secondary N) is 1. The number of rotatable bonds is 4. The second-order valence-corrected chi connectivity index (χ2v) is 5.72. The lowest BCUT2D eigenvalue weighted by Gasteiger charge is -2.14. The Morgan fingerprint density at radius 2 is 1.95 bits per heavy atom. The maximum Gasteiger partial charge on any atom is 0.128 e. The van der Waals surface area contributed by atoms with Gasteiger partial charge in [-0.2, -0.15) is 0 Å². The van der Waals surface area contributed by atoms with Gasteiger partial charge >= 0.3 is 0 Å². The second kappa shape index (κ2) is 6.20. The van der Waals surface area contributed by atoms with E-state index in [1.807, 2.05) is 55.4 Å². The standard InChI is InChI=1S/C17H17ClN4/c1-22(2)15-5-7-19-16(10-15)21-11-13-9-14(18)8-12-4-3-6-20-17(12)13/h3-10H,11H2,1-2H3,(H,19,21). The van der Waals surface area contributed by atoms with Crippen LogP contribution in [-0.2, 0) is 6.54 Å². The first-order valence-corrected chi connectivity index (χ1v) is 7.42. The van der Waals surface area contributed by atoms with Gasteiger partial charge in [-0.15, -0.1) is 0 Å². The van der Waals surface area contributed by atoms with E-state index in [0.29, 0.717) is 11.6 Å². The van der Waals surface area contributed by atoms with Crippen molar-refractivity contribution in [3.8, 4) is 0 Å². The third-order valence-corrected chi connectivity index (χ3v) is 3.69. The molecule has 0 bridgehead atoms. The van der Waals surface area contributed by atoms with E-state index in [2.05, 4.69) is 15.3 Å². The Labute approximate surface area is 134 Å². The molecule has 0 saturated carbocycles. The molecular formula is C17H17ClN4. The van der Waals surface area contributed by atoms with E-state index in [4.69, 9.17) is 11.6 Å². The number of fused-ring (bicyclic) bond motifs is 1. The number of halogens is 1. The second-order valence-electron chi connectivity index (χ2n) is 5.29. The molecule has 3 rings (SSSR count). The van der Waals surface area contributed by atoms with Crippen molar-refractivity contribution >= 4 is 34.0 Å². The van der Waals surface area contributed by atoms with Crippen molar-refractivity contribution < 1.29 is 0 Å². The fraction of sp³-hybridized carbons (Fsp3) is 0.176. The quantitative estimate of drug-likeness (QED) is 0.791. The molecule has 5 heteroatoms. The molecule has 1 aromatic carbocycles. The van der Waals surface area contributed by atoms with E-state index in [9.17, 15) is 0 Å². The van der Waals surface area contributed by atoms with Gasteiger partial charge in [0.25, 0.3) is 0 Å². The van der Waals surface area contributed by atoms with E-state index in [1.165, 1.54) is 0 Å². The highest BCUT2D eigenvalue weighted by atomic mass is 35.5. The zero-order chi connectivity index (χ0) is 15.5. The number of pyridine rings is 2. The van der Waals surface area contributed by atoms with Gasteiger partial charge in [-0.05, 0) is 29.8 Å². The minimum Gasteiger partial charge on any atom is -0.378 e. The number of anilines is 2. The normalized spacial score (nSPS) is 10.7. The molecule has 0 atom stereocenters.